The molecule has 0 saturated carbocycles. The van der Waals surface area contributed by atoms with Crippen LogP contribution in [0.2, 0.25) is 0 Å². The summed E-state index contributed by atoms with van der Waals surface area (Å²) in [6, 6.07) is -1.25. The van der Waals surface area contributed by atoms with Gasteiger partial charge in [0.15, 0.2) is 5.78 Å². The van der Waals surface area contributed by atoms with E-state index in [-0.39, 0.29) is 5.78 Å². The largest absolute Gasteiger partial charge is 0.349 e. The normalized spacial score (nSPS) is 27.5. The molecule has 0 amide bonds. The van der Waals surface area contributed by atoms with Crippen LogP contribution in [-0.4, -0.2) is 28.8 Å². The molecule has 2 heterocycles. The topological polar surface area (TPSA) is 46.1 Å². The van der Waals surface area contributed by atoms with E-state index >= 15 is 0 Å². The van der Waals surface area contributed by atoms with Crippen molar-refractivity contribution in [3.05, 3.63) is 17.6 Å². The number of rotatable bonds is 0. The lowest BCUT2D eigenvalue weighted by Crippen LogP contribution is -2.28. The highest BCUT2D eigenvalue weighted by Crippen LogP contribution is 2.29. The van der Waals surface area contributed by atoms with Crippen molar-refractivity contribution in [3.63, 3.8) is 0 Å². The van der Waals surface area contributed by atoms with Crippen molar-refractivity contribution in [2.75, 3.05) is 11.9 Å². The Labute approximate surface area is 78.0 Å². The van der Waals surface area contributed by atoms with Gasteiger partial charge in [-0.2, -0.15) is 0 Å². The van der Waals surface area contributed by atoms with Gasteiger partial charge in [-0.15, -0.1) is 0 Å². The Hall–Kier alpha value is -1.45. The summed E-state index contributed by atoms with van der Waals surface area (Å²) < 4.78 is 7.89. The molecule has 1 unspecified atom stereocenters. The molecule has 2 rings (SSSR count). The van der Waals surface area contributed by atoms with E-state index in [0.717, 1.165) is 0 Å². The number of carbonyl (C=O) groups is 1. The number of fused-ring (bicyclic) bond motifs is 1. The maximum absolute atomic E-state index is 11.8. The minimum Gasteiger partial charge on any atom is -0.349 e. The molecule has 0 saturated heterocycles. The van der Waals surface area contributed by atoms with Gasteiger partial charge in [-0.1, -0.05) is 0 Å². The predicted octanol–water partition coefficient (Wildman–Crippen LogP) is 0.806. The fourth-order valence-corrected chi connectivity index (χ4v) is 1.47. The van der Waals surface area contributed by atoms with Crippen LogP contribution in [0, 0.1) is 6.92 Å². The van der Waals surface area contributed by atoms with E-state index in [0.29, 0.717) is 17.1 Å². The highest BCUT2D eigenvalue weighted by molar-refractivity contribution is 6.10. The third-order valence-corrected chi connectivity index (χ3v) is 2.39. The first-order valence-electron chi connectivity index (χ1n) is 4.56. The number of hydrogen-bond donors (Lipinski definition) is 0. The average Bonchev–Trinajstić information content (AvgIpc) is 2.30. The number of hydrogen-bond acceptors (Lipinski definition) is 4. The molecule has 0 radical (unpaired) electrons. The lowest BCUT2D eigenvalue weighted by atomic mass is 10.1. The monoisotopic (exact) mass is 179 g/mol. The minimum absolute atomic E-state index is 0.229. The van der Waals surface area contributed by atoms with Crippen molar-refractivity contribution in [3.8, 4) is 0 Å². The van der Waals surface area contributed by atoms with E-state index in [2.05, 4.69) is 9.97 Å². The van der Waals surface area contributed by atoms with Crippen LogP contribution in [0.5, 0.6) is 0 Å². The van der Waals surface area contributed by atoms with Gasteiger partial charge in [-0.25, -0.2) is 9.97 Å². The van der Waals surface area contributed by atoms with E-state index in [4.69, 9.17) is 1.37 Å². The van der Waals surface area contributed by atoms with Crippen molar-refractivity contribution in [2.45, 2.75) is 19.9 Å². The molecule has 0 fully saturated rings. The second-order valence-corrected chi connectivity index (χ2v) is 3.13. The number of nitrogens with zero attached hydrogens (tertiary/aromatic N) is 3. The molecule has 4 heteroatoms. The number of anilines is 1. The van der Waals surface area contributed by atoms with Gasteiger partial charge in [-0.3, -0.25) is 4.79 Å². The lowest BCUT2D eigenvalue weighted by Gasteiger charge is -2.14. The minimum atomic E-state index is -1.25. The molecule has 1 aliphatic rings. The first-order valence-corrected chi connectivity index (χ1v) is 4.06. The molecule has 1 atom stereocenters. The van der Waals surface area contributed by atoms with Gasteiger partial charge in [0.25, 0.3) is 0 Å². The number of aryl methyl sites for hydroxylation is 1. The van der Waals surface area contributed by atoms with E-state index in [9.17, 15) is 4.79 Å². The Morgan fingerprint density at radius 3 is 2.92 bits per heavy atom. The summed E-state index contributed by atoms with van der Waals surface area (Å²) in [4.78, 5) is 21.4. The molecule has 1 aliphatic heterocycles. The third-order valence-electron chi connectivity index (χ3n) is 2.39. The second kappa shape index (κ2) is 2.52. The molecule has 1 aromatic heterocycles. The predicted molar refractivity (Wildman–Crippen MR) is 49.0 cm³/mol. The van der Waals surface area contributed by atoms with Gasteiger partial charge in [-0.05, 0) is 13.8 Å². The maximum Gasteiger partial charge on any atom is 0.190 e. The van der Waals surface area contributed by atoms with Crippen LogP contribution in [0.1, 0.15) is 24.3 Å². The molecule has 1 aromatic rings. The second-order valence-electron chi connectivity index (χ2n) is 3.13. The number of likely N-dealkylation sites (N-methyl/N-ethyl adjacent to an activating group) is 1. The smallest absolute Gasteiger partial charge is 0.190 e. The van der Waals surface area contributed by atoms with E-state index in [1.165, 1.54) is 6.33 Å². The molecule has 0 N–H and O–H groups in total. The van der Waals surface area contributed by atoms with Crippen molar-refractivity contribution in [2.24, 2.45) is 0 Å². The summed E-state index contributed by atoms with van der Waals surface area (Å²) >= 11 is 0. The number of carbonyl (C=O) groups excluding carboxylic acids is 1. The highest BCUT2D eigenvalue weighted by Gasteiger charge is 2.34. The van der Waals surface area contributed by atoms with Crippen molar-refractivity contribution in [1.29, 1.82) is 0 Å². The molecule has 68 valence electrons. The number of Topliss-reactive ketones (excluding diaryl/α,β-unsaturated/α-hetero) is 1. The van der Waals surface area contributed by atoms with Crippen molar-refractivity contribution < 1.29 is 6.17 Å². The summed E-state index contributed by atoms with van der Waals surface area (Å²) in [6.45, 7) is 3.32. The van der Waals surface area contributed by atoms with Gasteiger partial charge in [0.05, 0.1) is 18.6 Å². The maximum atomic E-state index is 11.8. The number of ketones is 1. The first-order chi connectivity index (χ1) is 6.46. The zero-order valence-electron chi connectivity index (χ0n) is 8.83. The molecule has 0 aromatic carbocycles. The van der Waals surface area contributed by atoms with Gasteiger partial charge < -0.3 is 4.90 Å². The fraction of sp³-hybridized carbons (Fsp3) is 0.444. The summed E-state index contributed by atoms with van der Waals surface area (Å²) in [5, 5.41) is 0. The quantitative estimate of drug-likeness (QED) is 0.591. The first kappa shape index (κ1) is 7.00. The average molecular weight is 179 g/mol. The van der Waals surface area contributed by atoms with Gasteiger partial charge >= 0.3 is 0 Å². The van der Waals surface area contributed by atoms with Crippen LogP contribution in [0.4, 0.5) is 5.82 Å². The van der Waals surface area contributed by atoms with Crippen LogP contribution in [-0.2, 0) is 0 Å². The molecule has 13 heavy (non-hydrogen) atoms. The molecule has 0 bridgehead atoms. The fourth-order valence-electron chi connectivity index (χ4n) is 1.47. The Morgan fingerprint density at radius 1 is 1.62 bits per heavy atom. The molecular formula is C9H11N3O. The van der Waals surface area contributed by atoms with Gasteiger partial charge in [0.2, 0.25) is 0 Å². The lowest BCUT2D eigenvalue weighted by molar-refractivity contribution is 0.0978. The van der Waals surface area contributed by atoms with Crippen LogP contribution in [0.25, 0.3) is 0 Å². The zero-order chi connectivity index (χ0) is 10.5. The SMILES string of the molecule is [3H]C1(C)C(=O)c2c(C)ncnc2N1C. The van der Waals surface area contributed by atoms with Crippen molar-refractivity contribution >= 4 is 11.6 Å². The van der Waals surface area contributed by atoms with Crippen molar-refractivity contribution in [1.82, 2.24) is 9.97 Å². The molecule has 0 aliphatic carbocycles. The Morgan fingerprint density at radius 2 is 2.31 bits per heavy atom. The summed E-state index contributed by atoms with van der Waals surface area (Å²) in [5.74, 6) is 0.327. The molecule has 4 nitrogen and oxygen atoms in total. The Kier molecular flexibility index (Phi) is 1.36. The standard InChI is InChI=1S/C9H11N3O/c1-5-7-8(13)6(2)12(3)9(7)11-4-10-5/h4,6H,1-3H3/i6T. The Balaban J connectivity index is 2.71. The van der Waals surface area contributed by atoms with Crippen LogP contribution in [0.15, 0.2) is 6.33 Å². The van der Waals surface area contributed by atoms with Crippen LogP contribution in [0.3, 0.4) is 0 Å². The van der Waals surface area contributed by atoms with Gasteiger partial charge in [0.1, 0.15) is 12.1 Å². The van der Waals surface area contributed by atoms with E-state index in [1.807, 2.05) is 0 Å². The summed E-state index contributed by atoms with van der Waals surface area (Å²) in [6.07, 6.45) is 1.42. The van der Waals surface area contributed by atoms with E-state index in [1.54, 1.807) is 25.8 Å². The van der Waals surface area contributed by atoms with Crippen LogP contribution >= 0.6 is 0 Å². The van der Waals surface area contributed by atoms with Crippen LogP contribution < -0.4 is 4.90 Å². The third kappa shape index (κ3) is 0.946. The number of aromatic nitrogens is 2. The van der Waals surface area contributed by atoms with Gasteiger partial charge in [0, 0.05) is 7.05 Å². The van der Waals surface area contributed by atoms with E-state index < -0.39 is 6.02 Å². The summed E-state index contributed by atoms with van der Waals surface area (Å²) in [5.41, 5.74) is 1.12. The zero-order valence-corrected chi connectivity index (χ0v) is 7.83. The molecular weight excluding hydrogens is 166 g/mol. The summed E-state index contributed by atoms with van der Waals surface area (Å²) in [7, 11) is 1.70. The molecule has 0 spiro atoms. The Bertz CT molecular complexity index is 417. The highest BCUT2D eigenvalue weighted by atomic mass is 16.1.